The number of carbonyl (C=O) groups excluding carboxylic acids is 2. The Hall–Kier alpha value is -1.38. The molecule has 0 aromatic heterocycles. The first-order chi connectivity index (χ1) is 9.83. The second kappa shape index (κ2) is 11.4. The van der Waals surface area contributed by atoms with Gasteiger partial charge in [-0.15, -0.1) is 0 Å². The minimum Gasteiger partial charge on any atom is -0.353 e. The van der Waals surface area contributed by atoms with Crippen molar-refractivity contribution < 1.29 is 9.59 Å². The minimum atomic E-state index is 0.205. The lowest BCUT2D eigenvalue weighted by molar-refractivity contribution is -0.121. The highest BCUT2D eigenvalue weighted by molar-refractivity contribution is 5.76. The van der Waals surface area contributed by atoms with E-state index in [1.807, 2.05) is 0 Å². The molecule has 1 fully saturated rings. The fourth-order valence-electron chi connectivity index (χ4n) is 1.90. The van der Waals surface area contributed by atoms with E-state index in [1.54, 1.807) is 0 Å². The van der Waals surface area contributed by atoms with Crippen LogP contribution in [0.2, 0.25) is 0 Å². The fraction of sp³-hybridized carbons (Fsp3) is 0.647. The number of unbranched alkanes of at least 4 members (excludes halogenated alkanes) is 4. The molecule has 0 aromatic rings. The van der Waals surface area contributed by atoms with Crippen molar-refractivity contribution in [2.24, 2.45) is 0 Å². The molecular formula is C17H27NO2. The van der Waals surface area contributed by atoms with Crippen LogP contribution in [0.15, 0.2) is 24.3 Å². The average molecular weight is 277 g/mol. The van der Waals surface area contributed by atoms with E-state index in [9.17, 15) is 9.59 Å². The number of carbonyl (C=O) groups is 2. The monoisotopic (exact) mass is 277 g/mol. The van der Waals surface area contributed by atoms with Gasteiger partial charge in [0.15, 0.2) is 0 Å². The van der Waals surface area contributed by atoms with Gasteiger partial charge in [-0.2, -0.15) is 0 Å². The lowest BCUT2D eigenvalue weighted by atomic mass is 10.2. The number of hydrogen-bond donors (Lipinski definition) is 1. The van der Waals surface area contributed by atoms with Gasteiger partial charge in [0.2, 0.25) is 5.91 Å². The van der Waals surface area contributed by atoms with Gasteiger partial charge >= 0.3 is 0 Å². The molecule has 3 nitrogen and oxygen atoms in total. The van der Waals surface area contributed by atoms with Crippen LogP contribution in [0.3, 0.4) is 0 Å². The maximum atomic E-state index is 11.4. The van der Waals surface area contributed by atoms with Crippen molar-refractivity contribution in [3.05, 3.63) is 24.3 Å². The third kappa shape index (κ3) is 10.5. The van der Waals surface area contributed by atoms with Crippen molar-refractivity contribution in [2.75, 3.05) is 0 Å². The highest BCUT2D eigenvalue weighted by atomic mass is 16.1. The number of hydrogen-bond acceptors (Lipinski definition) is 2. The highest BCUT2D eigenvalue weighted by Gasteiger charge is 2.22. The van der Waals surface area contributed by atoms with Crippen LogP contribution in [0.4, 0.5) is 0 Å². The Morgan fingerprint density at radius 2 is 1.60 bits per heavy atom. The minimum absolute atomic E-state index is 0.205. The van der Waals surface area contributed by atoms with Gasteiger partial charge in [0.1, 0.15) is 6.29 Å². The molecule has 1 aliphatic rings. The molecule has 1 N–H and O–H groups in total. The second-order valence-corrected chi connectivity index (χ2v) is 5.36. The van der Waals surface area contributed by atoms with E-state index in [2.05, 4.69) is 29.6 Å². The SMILES string of the molecule is O=CCCCC/C=C\C/C=C\CCCC(=O)NC1CC1. The summed E-state index contributed by atoms with van der Waals surface area (Å²) in [6.07, 6.45) is 19.3. The number of nitrogens with one attached hydrogen (secondary N) is 1. The molecule has 0 bridgehead atoms. The smallest absolute Gasteiger partial charge is 0.220 e. The normalized spacial score (nSPS) is 15.0. The molecule has 1 aliphatic carbocycles. The molecule has 112 valence electrons. The zero-order chi connectivity index (χ0) is 14.5. The van der Waals surface area contributed by atoms with Gasteiger partial charge in [-0.25, -0.2) is 0 Å². The van der Waals surface area contributed by atoms with Gasteiger partial charge in [-0.1, -0.05) is 24.3 Å². The third-order valence-electron chi connectivity index (χ3n) is 3.27. The first-order valence-corrected chi connectivity index (χ1v) is 7.86. The van der Waals surface area contributed by atoms with Gasteiger partial charge in [0.25, 0.3) is 0 Å². The Labute approximate surface area is 122 Å². The highest BCUT2D eigenvalue weighted by Crippen LogP contribution is 2.18. The lowest BCUT2D eigenvalue weighted by Gasteiger charge is -2.00. The van der Waals surface area contributed by atoms with Crippen LogP contribution >= 0.6 is 0 Å². The fourth-order valence-corrected chi connectivity index (χ4v) is 1.90. The van der Waals surface area contributed by atoms with Gasteiger partial charge in [0.05, 0.1) is 0 Å². The summed E-state index contributed by atoms with van der Waals surface area (Å²) in [7, 11) is 0. The van der Waals surface area contributed by atoms with E-state index in [0.717, 1.165) is 57.7 Å². The Morgan fingerprint density at radius 3 is 2.25 bits per heavy atom. The Kier molecular flexibility index (Phi) is 9.54. The standard InChI is InChI=1S/C17H27NO2/c19-15-11-9-7-5-3-1-2-4-6-8-10-12-17(20)18-16-13-14-16/h1,3-4,6,15-16H,2,5,7-14H2,(H,18,20)/b3-1-,6-4-. The molecule has 0 atom stereocenters. The summed E-state index contributed by atoms with van der Waals surface area (Å²) in [6, 6.07) is 0.481. The quantitative estimate of drug-likeness (QED) is 0.336. The molecule has 0 aliphatic heterocycles. The van der Waals surface area contributed by atoms with Crippen molar-refractivity contribution in [3.8, 4) is 0 Å². The number of amides is 1. The maximum absolute atomic E-state index is 11.4. The van der Waals surface area contributed by atoms with Crippen LogP contribution in [0, 0.1) is 0 Å². The van der Waals surface area contributed by atoms with Gasteiger partial charge in [-0.3, -0.25) is 4.79 Å². The lowest BCUT2D eigenvalue weighted by Crippen LogP contribution is -2.24. The Morgan fingerprint density at radius 1 is 0.950 bits per heavy atom. The van der Waals surface area contributed by atoms with E-state index in [0.29, 0.717) is 18.9 Å². The molecule has 1 rings (SSSR count). The van der Waals surface area contributed by atoms with Gasteiger partial charge in [0, 0.05) is 18.9 Å². The summed E-state index contributed by atoms with van der Waals surface area (Å²) in [4.78, 5) is 21.5. The molecule has 0 unspecified atom stereocenters. The molecule has 3 heteroatoms. The zero-order valence-corrected chi connectivity index (χ0v) is 12.4. The van der Waals surface area contributed by atoms with E-state index < -0.39 is 0 Å². The van der Waals surface area contributed by atoms with Crippen molar-refractivity contribution in [1.82, 2.24) is 5.32 Å². The van der Waals surface area contributed by atoms with Crippen LogP contribution in [0.25, 0.3) is 0 Å². The summed E-state index contributed by atoms with van der Waals surface area (Å²) in [5.41, 5.74) is 0. The second-order valence-electron chi connectivity index (χ2n) is 5.36. The first kappa shape index (κ1) is 16.7. The van der Waals surface area contributed by atoms with E-state index >= 15 is 0 Å². The molecule has 1 saturated carbocycles. The van der Waals surface area contributed by atoms with Crippen LogP contribution < -0.4 is 5.32 Å². The predicted molar refractivity (Wildman–Crippen MR) is 82.4 cm³/mol. The Bertz CT molecular complexity index is 330. The largest absolute Gasteiger partial charge is 0.353 e. The van der Waals surface area contributed by atoms with Crippen LogP contribution in [-0.4, -0.2) is 18.2 Å². The van der Waals surface area contributed by atoms with Crippen LogP contribution in [0.1, 0.15) is 64.2 Å². The van der Waals surface area contributed by atoms with Crippen molar-refractivity contribution in [1.29, 1.82) is 0 Å². The average Bonchev–Trinajstić information content (AvgIpc) is 3.24. The maximum Gasteiger partial charge on any atom is 0.220 e. The number of aldehydes is 1. The molecule has 0 aromatic carbocycles. The number of rotatable bonds is 12. The van der Waals surface area contributed by atoms with E-state index in [-0.39, 0.29) is 5.91 Å². The molecule has 0 heterocycles. The van der Waals surface area contributed by atoms with Crippen molar-refractivity contribution in [2.45, 2.75) is 70.3 Å². The van der Waals surface area contributed by atoms with E-state index in [1.165, 1.54) is 0 Å². The predicted octanol–water partition coefficient (Wildman–Crippen LogP) is 3.70. The van der Waals surface area contributed by atoms with Crippen molar-refractivity contribution in [3.63, 3.8) is 0 Å². The zero-order valence-electron chi connectivity index (χ0n) is 12.4. The van der Waals surface area contributed by atoms with Crippen molar-refractivity contribution >= 4 is 12.2 Å². The van der Waals surface area contributed by atoms with Gasteiger partial charge < -0.3 is 10.1 Å². The topological polar surface area (TPSA) is 46.2 Å². The molecule has 0 saturated heterocycles. The summed E-state index contributed by atoms with van der Waals surface area (Å²) < 4.78 is 0. The third-order valence-corrected chi connectivity index (χ3v) is 3.27. The molecule has 20 heavy (non-hydrogen) atoms. The summed E-state index contributed by atoms with van der Waals surface area (Å²) in [5.74, 6) is 0.205. The van der Waals surface area contributed by atoms with Gasteiger partial charge in [-0.05, 0) is 51.4 Å². The summed E-state index contributed by atoms with van der Waals surface area (Å²) in [6.45, 7) is 0. The molecule has 0 spiro atoms. The summed E-state index contributed by atoms with van der Waals surface area (Å²) in [5, 5.41) is 3.00. The van der Waals surface area contributed by atoms with Crippen LogP contribution in [0.5, 0.6) is 0 Å². The Balaban J connectivity index is 1.84. The number of allylic oxidation sites excluding steroid dienone is 4. The first-order valence-electron chi connectivity index (χ1n) is 7.86. The molecule has 1 amide bonds. The molecular weight excluding hydrogens is 250 g/mol. The molecule has 0 radical (unpaired) electrons. The summed E-state index contributed by atoms with van der Waals surface area (Å²) >= 11 is 0. The van der Waals surface area contributed by atoms with Crippen LogP contribution in [-0.2, 0) is 9.59 Å². The van der Waals surface area contributed by atoms with E-state index in [4.69, 9.17) is 0 Å².